The quantitative estimate of drug-likeness (QED) is 0.881. The lowest BCUT2D eigenvalue weighted by Gasteiger charge is -2.08. The Kier molecular flexibility index (Phi) is 4.99. The first-order valence-corrected chi connectivity index (χ1v) is 7.30. The van der Waals surface area contributed by atoms with Crippen LogP contribution in [0, 0.1) is 5.82 Å². The third-order valence-electron chi connectivity index (χ3n) is 2.82. The van der Waals surface area contributed by atoms with Crippen molar-refractivity contribution in [2.75, 3.05) is 6.54 Å². The van der Waals surface area contributed by atoms with Gasteiger partial charge in [0.1, 0.15) is 15.8 Å². The van der Waals surface area contributed by atoms with Crippen molar-refractivity contribution in [3.63, 3.8) is 0 Å². The van der Waals surface area contributed by atoms with Gasteiger partial charge in [0.25, 0.3) is 0 Å². The maximum Gasteiger partial charge on any atom is 0.134 e. The fourth-order valence-electron chi connectivity index (χ4n) is 1.74. The van der Waals surface area contributed by atoms with E-state index in [1.807, 2.05) is 0 Å². The number of aromatic nitrogens is 2. The summed E-state index contributed by atoms with van der Waals surface area (Å²) in [4.78, 5) is 0. The van der Waals surface area contributed by atoms with E-state index < -0.39 is 0 Å². The lowest BCUT2D eigenvalue weighted by Crippen LogP contribution is -2.18. The van der Waals surface area contributed by atoms with Crippen molar-refractivity contribution in [3.8, 4) is 0 Å². The minimum Gasteiger partial charge on any atom is -0.308 e. The number of halogens is 1. The van der Waals surface area contributed by atoms with Crippen molar-refractivity contribution in [1.82, 2.24) is 15.5 Å². The summed E-state index contributed by atoms with van der Waals surface area (Å²) in [5, 5.41) is 13.8. The fourth-order valence-corrected chi connectivity index (χ4v) is 2.64. The van der Waals surface area contributed by atoms with Gasteiger partial charge in [-0.1, -0.05) is 30.4 Å². The Hall–Kier alpha value is -1.33. The highest BCUT2D eigenvalue weighted by molar-refractivity contribution is 7.11. The van der Waals surface area contributed by atoms with Gasteiger partial charge in [0.15, 0.2) is 0 Å². The van der Waals surface area contributed by atoms with Gasteiger partial charge in [-0.15, -0.1) is 10.2 Å². The molecule has 0 amide bonds. The van der Waals surface area contributed by atoms with Gasteiger partial charge in [0.05, 0.1) is 6.04 Å². The van der Waals surface area contributed by atoms with E-state index >= 15 is 0 Å². The molecule has 0 saturated heterocycles. The van der Waals surface area contributed by atoms with Gasteiger partial charge >= 0.3 is 0 Å². The van der Waals surface area contributed by atoms with E-state index in [0.717, 1.165) is 28.5 Å². The smallest absolute Gasteiger partial charge is 0.134 e. The van der Waals surface area contributed by atoms with Crippen LogP contribution in [0.1, 0.15) is 41.9 Å². The molecule has 1 N–H and O–H groups in total. The lowest BCUT2D eigenvalue weighted by molar-refractivity contribution is 0.564. The Balaban J connectivity index is 1.98. The van der Waals surface area contributed by atoms with Crippen LogP contribution in [-0.4, -0.2) is 16.7 Å². The Bertz CT molecular complexity index is 510. The summed E-state index contributed by atoms with van der Waals surface area (Å²) in [6.07, 6.45) is 1.81. The Morgan fingerprint density at radius 3 is 2.68 bits per heavy atom. The molecule has 0 aliphatic rings. The zero-order valence-electron chi connectivity index (χ0n) is 11.2. The Labute approximate surface area is 116 Å². The molecule has 0 radical (unpaired) electrons. The highest BCUT2D eigenvalue weighted by atomic mass is 32.1. The lowest BCUT2D eigenvalue weighted by atomic mass is 10.2. The van der Waals surface area contributed by atoms with Crippen LogP contribution in [0.25, 0.3) is 0 Å². The summed E-state index contributed by atoms with van der Waals surface area (Å²) < 4.78 is 12.8. The SMILES string of the molecule is CCCNC(C)c1nnc(Cc2ccc(F)cc2)s1. The number of hydrogen-bond donors (Lipinski definition) is 1. The molecule has 1 aromatic heterocycles. The van der Waals surface area contributed by atoms with Crippen LogP contribution in [0.3, 0.4) is 0 Å². The standard InChI is InChI=1S/C14H18FN3S/c1-3-8-16-10(2)14-18-17-13(19-14)9-11-4-6-12(15)7-5-11/h4-7,10,16H,3,8-9H2,1-2H3. The number of nitrogens with one attached hydrogen (secondary N) is 1. The zero-order valence-corrected chi connectivity index (χ0v) is 12.0. The number of hydrogen-bond acceptors (Lipinski definition) is 4. The summed E-state index contributed by atoms with van der Waals surface area (Å²) in [5.74, 6) is -0.209. The summed E-state index contributed by atoms with van der Waals surface area (Å²) >= 11 is 1.61. The van der Waals surface area contributed by atoms with Gasteiger partial charge in [-0.3, -0.25) is 0 Å². The predicted molar refractivity (Wildman–Crippen MR) is 75.8 cm³/mol. The summed E-state index contributed by atoms with van der Waals surface area (Å²) in [7, 11) is 0. The van der Waals surface area contributed by atoms with E-state index in [-0.39, 0.29) is 11.9 Å². The van der Waals surface area contributed by atoms with Crippen LogP contribution >= 0.6 is 11.3 Å². The number of benzene rings is 1. The first-order chi connectivity index (χ1) is 9.19. The van der Waals surface area contributed by atoms with E-state index in [1.54, 1.807) is 23.5 Å². The molecule has 0 spiro atoms. The van der Waals surface area contributed by atoms with Crippen molar-refractivity contribution in [2.24, 2.45) is 0 Å². The first kappa shape index (κ1) is 14.1. The molecule has 3 nitrogen and oxygen atoms in total. The van der Waals surface area contributed by atoms with Gasteiger partial charge in [-0.2, -0.15) is 0 Å². The first-order valence-electron chi connectivity index (χ1n) is 6.49. The molecule has 0 saturated carbocycles. The molecule has 0 aliphatic heterocycles. The van der Waals surface area contributed by atoms with Gasteiger partial charge in [0.2, 0.25) is 0 Å². The molecule has 1 unspecified atom stereocenters. The second-order valence-electron chi connectivity index (χ2n) is 4.51. The molecule has 1 heterocycles. The molecule has 0 aliphatic carbocycles. The Morgan fingerprint density at radius 2 is 2.00 bits per heavy atom. The highest BCUT2D eigenvalue weighted by Crippen LogP contribution is 2.20. The fraction of sp³-hybridized carbons (Fsp3) is 0.429. The van der Waals surface area contributed by atoms with Crippen LogP contribution in [0.15, 0.2) is 24.3 Å². The molecular formula is C14H18FN3S. The van der Waals surface area contributed by atoms with Crippen LogP contribution in [0.5, 0.6) is 0 Å². The van der Waals surface area contributed by atoms with E-state index in [9.17, 15) is 4.39 Å². The predicted octanol–water partition coefficient (Wildman–Crippen LogP) is 3.33. The third-order valence-corrected chi connectivity index (χ3v) is 3.93. The van der Waals surface area contributed by atoms with Crippen molar-refractivity contribution in [1.29, 1.82) is 0 Å². The summed E-state index contributed by atoms with van der Waals surface area (Å²) in [6.45, 7) is 5.21. The molecule has 2 aromatic rings. The van der Waals surface area contributed by atoms with Crippen LogP contribution in [0.4, 0.5) is 4.39 Å². The largest absolute Gasteiger partial charge is 0.308 e. The number of nitrogens with zero attached hydrogens (tertiary/aromatic N) is 2. The normalized spacial score (nSPS) is 12.6. The average molecular weight is 279 g/mol. The molecule has 19 heavy (non-hydrogen) atoms. The molecular weight excluding hydrogens is 261 g/mol. The molecule has 102 valence electrons. The molecule has 5 heteroatoms. The summed E-state index contributed by atoms with van der Waals surface area (Å²) in [6, 6.07) is 6.76. The minimum atomic E-state index is -0.209. The molecule has 1 aromatic carbocycles. The van der Waals surface area contributed by atoms with E-state index in [2.05, 4.69) is 29.4 Å². The zero-order chi connectivity index (χ0) is 13.7. The van der Waals surface area contributed by atoms with Gasteiger partial charge in [-0.25, -0.2) is 4.39 Å². The average Bonchev–Trinajstić information content (AvgIpc) is 2.87. The van der Waals surface area contributed by atoms with Crippen LogP contribution in [0.2, 0.25) is 0 Å². The van der Waals surface area contributed by atoms with Gasteiger partial charge < -0.3 is 5.32 Å². The van der Waals surface area contributed by atoms with Crippen molar-refractivity contribution >= 4 is 11.3 Å². The third kappa shape index (κ3) is 4.08. The van der Waals surface area contributed by atoms with Crippen LogP contribution in [-0.2, 0) is 6.42 Å². The second-order valence-corrected chi connectivity index (χ2v) is 5.61. The van der Waals surface area contributed by atoms with Gasteiger partial charge in [-0.05, 0) is 37.6 Å². The molecule has 0 bridgehead atoms. The Morgan fingerprint density at radius 1 is 1.26 bits per heavy atom. The monoisotopic (exact) mass is 279 g/mol. The molecule has 2 rings (SSSR count). The van der Waals surface area contributed by atoms with Crippen molar-refractivity contribution < 1.29 is 4.39 Å². The second kappa shape index (κ2) is 6.73. The van der Waals surface area contributed by atoms with Crippen molar-refractivity contribution in [3.05, 3.63) is 45.7 Å². The number of rotatable bonds is 6. The summed E-state index contributed by atoms with van der Waals surface area (Å²) in [5.41, 5.74) is 1.05. The van der Waals surface area contributed by atoms with E-state index in [0.29, 0.717) is 6.42 Å². The molecule has 1 atom stereocenters. The maximum absolute atomic E-state index is 12.8. The topological polar surface area (TPSA) is 37.8 Å². The maximum atomic E-state index is 12.8. The van der Waals surface area contributed by atoms with Gasteiger partial charge in [0, 0.05) is 6.42 Å². The van der Waals surface area contributed by atoms with Crippen LogP contribution < -0.4 is 5.32 Å². The van der Waals surface area contributed by atoms with E-state index in [1.165, 1.54) is 12.1 Å². The van der Waals surface area contributed by atoms with Crippen molar-refractivity contribution in [2.45, 2.75) is 32.7 Å². The van der Waals surface area contributed by atoms with E-state index in [4.69, 9.17) is 0 Å². The minimum absolute atomic E-state index is 0.209. The molecule has 0 fully saturated rings. The highest BCUT2D eigenvalue weighted by Gasteiger charge is 2.11.